The molecular weight excluding hydrogens is 206 g/mol. The predicted molar refractivity (Wildman–Crippen MR) is 61.1 cm³/mol. The number of hydrogen-bond donors (Lipinski definition) is 1. The Morgan fingerprint density at radius 1 is 1.19 bits per heavy atom. The van der Waals surface area contributed by atoms with Gasteiger partial charge in [-0.2, -0.15) is 0 Å². The normalized spacial score (nSPS) is 20.2. The predicted octanol–water partition coefficient (Wildman–Crippen LogP) is 1.29. The van der Waals surface area contributed by atoms with Gasteiger partial charge in [0, 0.05) is 0 Å². The van der Waals surface area contributed by atoms with Gasteiger partial charge in [0.25, 0.3) is 0 Å². The summed E-state index contributed by atoms with van der Waals surface area (Å²) >= 11 is 0. The van der Waals surface area contributed by atoms with Gasteiger partial charge in [-0.25, -0.2) is 0 Å². The van der Waals surface area contributed by atoms with Crippen molar-refractivity contribution in [2.24, 2.45) is 5.41 Å². The zero-order valence-electron chi connectivity index (χ0n) is 10.6. The highest BCUT2D eigenvalue weighted by Crippen LogP contribution is 2.33. The van der Waals surface area contributed by atoms with Crippen LogP contribution in [0.3, 0.4) is 0 Å². The van der Waals surface area contributed by atoms with E-state index in [2.05, 4.69) is 5.32 Å². The molecule has 0 aromatic heterocycles. The first-order valence-corrected chi connectivity index (χ1v) is 5.73. The van der Waals surface area contributed by atoms with E-state index in [0.29, 0.717) is 25.9 Å². The third-order valence-electron chi connectivity index (χ3n) is 2.92. The molecule has 1 aliphatic rings. The van der Waals surface area contributed by atoms with Gasteiger partial charge in [-0.15, -0.1) is 0 Å². The molecule has 0 bridgehead atoms. The van der Waals surface area contributed by atoms with Crippen LogP contribution in [-0.2, 0) is 14.3 Å². The van der Waals surface area contributed by atoms with E-state index >= 15 is 0 Å². The molecule has 1 saturated heterocycles. The van der Waals surface area contributed by atoms with Crippen molar-refractivity contribution in [2.45, 2.75) is 46.1 Å². The van der Waals surface area contributed by atoms with Crippen LogP contribution in [0, 0.1) is 5.41 Å². The second-order valence-corrected chi connectivity index (χ2v) is 5.39. The molecule has 1 aliphatic heterocycles. The molecule has 4 heteroatoms. The van der Waals surface area contributed by atoms with Crippen molar-refractivity contribution in [3.63, 3.8) is 0 Å². The molecule has 1 heterocycles. The SMILES string of the molecule is CC(=O)C1(C(=O)OC(C)(C)C)CCNCC1. The summed E-state index contributed by atoms with van der Waals surface area (Å²) in [5, 5.41) is 3.15. The van der Waals surface area contributed by atoms with Crippen LogP contribution in [0.25, 0.3) is 0 Å². The van der Waals surface area contributed by atoms with Gasteiger partial charge in [0.05, 0.1) is 0 Å². The second-order valence-electron chi connectivity index (χ2n) is 5.39. The first-order valence-electron chi connectivity index (χ1n) is 5.73. The van der Waals surface area contributed by atoms with Gasteiger partial charge in [0.1, 0.15) is 16.8 Å². The van der Waals surface area contributed by atoms with E-state index in [1.54, 1.807) is 0 Å². The molecule has 0 unspecified atom stereocenters. The third-order valence-corrected chi connectivity index (χ3v) is 2.92. The van der Waals surface area contributed by atoms with Gasteiger partial charge in [0.2, 0.25) is 0 Å². The number of rotatable bonds is 2. The molecule has 0 atom stereocenters. The minimum absolute atomic E-state index is 0.0803. The maximum Gasteiger partial charge on any atom is 0.320 e. The molecule has 0 aromatic carbocycles. The van der Waals surface area contributed by atoms with Crippen molar-refractivity contribution >= 4 is 11.8 Å². The summed E-state index contributed by atoms with van der Waals surface area (Å²) in [4.78, 5) is 23.8. The van der Waals surface area contributed by atoms with Gasteiger partial charge in [-0.3, -0.25) is 9.59 Å². The van der Waals surface area contributed by atoms with Crippen LogP contribution in [0.1, 0.15) is 40.5 Å². The van der Waals surface area contributed by atoms with Crippen molar-refractivity contribution in [1.82, 2.24) is 5.32 Å². The van der Waals surface area contributed by atoms with Crippen molar-refractivity contribution in [3.8, 4) is 0 Å². The van der Waals surface area contributed by atoms with Crippen molar-refractivity contribution in [2.75, 3.05) is 13.1 Å². The Morgan fingerprint density at radius 2 is 1.69 bits per heavy atom. The average Bonchev–Trinajstić information content (AvgIpc) is 2.16. The molecule has 0 radical (unpaired) electrons. The fraction of sp³-hybridized carbons (Fsp3) is 0.833. The molecule has 16 heavy (non-hydrogen) atoms. The molecule has 1 fully saturated rings. The van der Waals surface area contributed by atoms with Crippen molar-refractivity contribution in [3.05, 3.63) is 0 Å². The maximum absolute atomic E-state index is 12.1. The lowest BCUT2D eigenvalue weighted by atomic mass is 9.75. The Bertz CT molecular complexity index is 285. The van der Waals surface area contributed by atoms with E-state index in [1.165, 1.54) is 6.92 Å². The van der Waals surface area contributed by atoms with Crippen LogP contribution in [0.2, 0.25) is 0 Å². The minimum atomic E-state index is -0.918. The Hall–Kier alpha value is -0.900. The van der Waals surface area contributed by atoms with Gasteiger partial charge in [0.15, 0.2) is 0 Å². The lowest BCUT2D eigenvalue weighted by Gasteiger charge is -2.35. The molecule has 0 saturated carbocycles. The van der Waals surface area contributed by atoms with Crippen LogP contribution in [0.15, 0.2) is 0 Å². The third kappa shape index (κ3) is 2.82. The molecule has 0 spiro atoms. The first-order chi connectivity index (χ1) is 7.28. The molecule has 0 aliphatic carbocycles. The molecule has 0 aromatic rings. The van der Waals surface area contributed by atoms with E-state index < -0.39 is 11.0 Å². The Balaban J connectivity index is 2.85. The van der Waals surface area contributed by atoms with Crippen molar-refractivity contribution in [1.29, 1.82) is 0 Å². The zero-order valence-corrected chi connectivity index (χ0v) is 10.6. The minimum Gasteiger partial charge on any atom is -0.459 e. The highest BCUT2D eigenvalue weighted by atomic mass is 16.6. The lowest BCUT2D eigenvalue weighted by molar-refractivity contribution is -0.171. The number of carbonyl (C=O) groups is 2. The maximum atomic E-state index is 12.1. The summed E-state index contributed by atoms with van der Waals surface area (Å²) < 4.78 is 5.35. The summed E-state index contributed by atoms with van der Waals surface area (Å²) in [5.41, 5.74) is -1.46. The van der Waals surface area contributed by atoms with E-state index in [9.17, 15) is 9.59 Å². The summed E-state index contributed by atoms with van der Waals surface area (Å²) in [7, 11) is 0. The highest BCUT2D eigenvalue weighted by Gasteiger charge is 2.46. The second kappa shape index (κ2) is 4.53. The molecule has 0 amide bonds. The monoisotopic (exact) mass is 227 g/mol. The number of nitrogens with one attached hydrogen (secondary N) is 1. The molecule has 4 nitrogen and oxygen atoms in total. The zero-order chi connectivity index (χ0) is 12.4. The summed E-state index contributed by atoms with van der Waals surface area (Å²) in [6.07, 6.45) is 1.08. The van der Waals surface area contributed by atoms with Crippen LogP contribution in [0.5, 0.6) is 0 Å². The van der Waals surface area contributed by atoms with E-state index in [4.69, 9.17) is 4.74 Å². The van der Waals surface area contributed by atoms with Crippen LogP contribution in [-0.4, -0.2) is 30.4 Å². The number of esters is 1. The Labute approximate surface area is 96.7 Å². The summed E-state index contributed by atoms with van der Waals surface area (Å²) in [5.74, 6) is -0.447. The number of Topliss-reactive ketones (excluding diaryl/α,β-unsaturated/α-hetero) is 1. The largest absolute Gasteiger partial charge is 0.459 e. The molecule has 92 valence electrons. The van der Waals surface area contributed by atoms with E-state index in [1.807, 2.05) is 20.8 Å². The smallest absolute Gasteiger partial charge is 0.320 e. The van der Waals surface area contributed by atoms with Crippen LogP contribution >= 0.6 is 0 Å². The van der Waals surface area contributed by atoms with Gasteiger partial charge < -0.3 is 10.1 Å². The topological polar surface area (TPSA) is 55.4 Å². The molecular formula is C12H21NO3. The summed E-state index contributed by atoms with van der Waals surface area (Å²) in [6, 6.07) is 0. The van der Waals surface area contributed by atoms with Gasteiger partial charge in [-0.1, -0.05) is 0 Å². The Kier molecular flexibility index (Phi) is 3.73. The van der Waals surface area contributed by atoms with Gasteiger partial charge in [-0.05, 0) is 53.6 Å². The fourth-order valence-corrected chi connectivity index (χ4v) is 1.93. The van der Waals surface area contributed by atoms with Crippen LogP contribution in [0.4, 0.5) is 0 Å². The molecule has 1 rings (SSSR count). The first kappa shape index (κ1) is 13.2. The van der Waals surface area contributed by atoms with E-state index in [0.717, 1.165) is 0 Å². The molecule has 1 N–H and O–H groups in total. The number of carbonyl (C=O) groups excluding carboxylic acids is 2. The Morgan fingerprint density at radius 3 is 2.06 bits per heavy atom. The number of ketones is 1. The summed E-state index contributed by atoms with van der Waals surface area (Å²) in [6.45, 7) is 8.33. The number of hydrogen-bond acceptors (Lipinski definition) is 4. The van der Waals surface area contributed by atoms with Crippen molar-refractivity contribution < 1.29 is 14.3 Å². The number of ether oxygens (including phenoxy) is 1. The number of piperidine rings is 1. The quantitative estimate of drug-likeness (QED) is 0.570. The average molecular weight is 227 g/mol. The fourth-order valence-electron chi connectivity index (χ4n) is 1.93. The van der Waals surface area contributed by atoms with E-state index in [-0.39, 0.29) is 11.8 Å². The standard InChI is InChI=1S/C12H21NO3/c1-9(14)12(5-7-13-8-6-12)10(15)16-11(2,3)4/h13H,5-8H2,1-4H3. The highest BCUT2D eigenvalue weighted by molar-refractivity contribution is 6.02. The van der Waals surface area contributed by atoms with Gasteiger partial charge >= 0.3 is 5.97 Å². The lowest BCUT2D eigenvalue weighted by Crippen LogP contribution is -2.49. The van der Waals surface area contributed by atoms with Crippen LogP contribution < -0.4 is 5.32 Å².